The van der Waals surface area contributed by atoms with Crippen LogP contribution in [0.1, 0.15) is 15.9 Å². The zero-order valence-electron chi connectivity index (χ0n) is 9.88. The molecule has 1 heterocycles. The molecule has 1 aromatic carbocycles. The molecule has 1 amide bonds. The molecule has 0 unspecified atom stereocenters. The van der Waals surface area contributed by atoms with Gasteiger partial charge < -0.3 is 5.32 Å². The molecule has 6 heteroatoms. The fraction of sp³-hybridized carbons (Fsp3) is 0.0769. The number of aromatic nitrogens is 1. The van der Waals surface area contributed by atoms with Gasteiger partial charge in [-0.1, -0.05) is 6.07 Å². The maximum Gasteiger partial charge on any atom is 0.256 e. The van der Waals surface area contributed by atoms with Gasteiger partial charge in [-0.2, -0.15) is 0 Å². The second-order valence-corrected chi connectivity index (χ2v) is 5.43. The first-order chi connectivity index (χ1) is 8.99. The van der Waals surface area contributed by atoms with Crippen molar-refractivity contribution in [2.24, 2.45) is 0 Å². The Hall–Kier alpha value is -1.27. The lowest BCUT2D eigenvalue weighted by atomic mass is 10.2. The zero-order valence-corrected chi connectivity index (χ0v) is 13.0. The first kappa shape index (κ1) is 14.1. The number of nitrogens with one attached hydrogen (secondary N) is 1. The van der Waals surface area contributed by atoms with Gasteiger partial charge in [0.05, 0.1) is 21.9 Å². The third kappa shape index (κ3) is 3.19. The largest absolute Gasteiger partial charge is 0.321 e. The van der Waals surface area contributed by atoms with Crippen molar-refractivity contribution in [3.8, 4) is 0 Å². The van der Waals surface area contributed by atoms with Crippen LogP contribution in [0.5, 0.6) is 0 Å². The summed E-state index contributed by atoms with van der Waals surface area (Å²) in [4.78, 5) is 16.1. The van der Waals surface area contributed by atoms with Crippen molar-refractivity contribution in [1.82, 2.24) is 4.98 Å². The van der Waals surface area contributed by atoms with E-state index in [4.69, 9.17) is 0 Å². The van der Waals surface area contributed by atoms with E-state index in [0.29, 0.717) is 5.69 Å². The van der Waals surface area contributed by atoms with Crippen LogP contribution < -0.4 is 5.32 Å². The van der Waals surface area contributed by atoms with Crippen LogP contribution in [0.3, 0.4) is 0 Å². The van der Waals surface area contributed by atoms with Crippen molar-refractivity contribution in [3.63, 3.8) is 0 Å². The van der Waals surface area contributed by atoms with Crippen LogP contribution in [0.2, 0.25) is 0 Å². The first-order valence-corrected chi connectivity index (χ1v) is 6.95. The number of amides is 1. The van der Waals surface area contributed by atoms with Crippen LogP contribution in [0, 0.1) is 12.7 Å². The number of carbonyl (C=O) groups excluding carboxylic acids is 1. The van der Waals surface area contributed by atoms with Gasteiger partial charge in [-0.15, -0.1) is 0 Å². The minimum Gasteiger partial charge on any atom is -0.321 e. The van der Waals surface area contributed by atoms with E-state index >= 15 is 0 Å². The SMILES string of the molecule is Cc1cc(NC(=O)c2cccc(F)c2Br)cnc1Br. The summed E-state index contributed by atoms with van der Waals surface area (Å²) in [6.07, 6.45) is 1.53. The molecule has 0 aliphatic heterocycles. The summed E-state index contributed by atoms with van der Waals surface area (Å²) >= 11 is 6.34. The van der Waals surface area contributed by atoms with Gasteiger partial charge in [0.25, 0.3) is 5.91 Å². The van der Waals surface area contributed by atoms with E-state index < -0.39 is 11.7 Å². The van der Waals surface area contributed by atoms with Crippen molar-refractivity contribution in [2.75, 3.05) is 5.32 Å². The standard InChI is InChI=1S/C13H9Br2FN2O/c1-7-5-8(6-17-12(7)15)18-13(19)9-3-2-4-10(16)11(9)14/h2-6H,1H3,(H,18,19). The van der Waals surface area contributed by atoms with Crippen LogP contribution in [-0.2, 0) is 0 Å². The number of aryl methyl sites for hydroxylation is 1. The highest BCUT2D eigenvalue weighted by molar-refractivity contribution is 9.10. The van der Waals surface area contributed by atoms with Crippen LogP contribution in [0.4, 0.5) is 10.1 Å². The summed E-state index contributed by atoms with van der Waals surface area (Å²) in [5, 5.41) is 2.68. The van der Waals surface area contributed by atoms with E-state index in [-0.39, 0.29) is 10.0 Å². The molecule has 0 spiro atoms. The first-order valence-electron chi connectivity index (χ1n) is 5.36. The number of rotatable bonds is 2. The van der Waals surface area contributed by atoms with E-state index in [1.165, 1.54) is 18.3 Å². The molecule has 2 aromatic rings. The molecule has 0 aliphatic rings. The number of halogens is 3. The maximum atomic E-state index is 13.3. The Morgan fingerprint density at radius 3 is 2.79 bits per heavy atom. The Balaban J connectivity index is 2.26. The Morgan fingerprint density at radius 1 is 1.37 bits per heavy atom. The molecule has 98 valence electrons. The van der Waals surface area contributed by atoms with E-state index in [1.54, 1.807) is 12.1 Å². The Morgan fingerprint density at radius 2 is 2.11 bits per heavy atom. The normalized spacial score (nSPS) is 10.3. The van der Waals surface area contributed by atoms with Gasteiger partial charge >= 0.3 is 0 Å². The molecule has 0 atom stereocenters. The average molecular weight is 388 g/mol. The predicted octanol–water partition coefficient (Wildman–Crippen LogP) is 4.31. The molecule has 0 bridgehead atoms. The van der Waals surface area contributed by atoms with Crippen LogP contribution in [0.25, 0.3) is 0 Å². The fourth-order valence-corrected chi connectivity index (χ4v) is 2.17. The van der Waals surface area contributed by atoms with Gasteiger partial charge in [-0.25, -0.2) is 9.37 Å². The smallest absolute Gasteiger partial charge is 0.256 e. The summed E-state index contributed by atoms with van der Waals surface area (Å²) in [5.41, 5.74) is 1.69. The number of hydrogen-bond donors (Lipinski definition) is 1. The monoisotopic (exact) mass is 386 g/mol. The molecule has 1 aromatic heterocycles. The highest BCUT2D eigenvalue weighted by Crippen LogP contribution is 2.22. The number of pyridine rings is 1. The predicted molar refractivity (Wildman–Crippen MR) is 78.7 cm³/mol. The van der Waals surface area contributed by atoms with Crippen molar-refractivity contribution in [3.05, 3.63) is 56.5 Å². The summed E-state index contributed by atoms with van der Waals surface area (Å²) in [6, 6.07) is 6.09. The molecular formula is C13H9Br2FN2O. The van der Waals surface area contributed by atoms with Gasteiger partial charge in [0, 0.05) is 0 Å². The molecular weight excluding hydrogens is 379 g/mol. The number of benzene rings is 1. The Kier molecular flexibility index (Phi) is 4.31. The molecule has 0 aliphatic carbocycles. The Labute approximate surface area is 126 Å². The quantitative estimate of drug-likeness (QED) is 0.780. The van der Waals surface area contributed by atoms with Crippen molar-refractivity contribution >= 4 is 43.5 Å². The van der Waals surface area contributed by atoms with Gasteiger partial charge in [0.15, 0.2) is 0 Å². The third-order valence-corrected chi connectivity index (χ3v) is 4.10. The van der Waals surface area contributed by atoms with Crippen LogP contribution in [0.15, 0.2) is 39.5 Å². The second kappa shape index (κ2) is 5.79. The fourth-order valence-electron chi connectivity index (χ4n) is 1.50. The highest BCUT2D eigenvalue weighted by Gasteiger charge is 2.13. The van der Waals surface area contributed by atoms with Gasteiger partial charge in [-0.05, 0) is 62.5 Å². The molecule has 19 heavy (non-hydrogen) atoms. The molecule has 2 rings (SSSR count). The van der Waals surface area contributed by atoms with Gasteiger partial charge in [0.1, 0.15) is 10.4 Å². The topological polar surface area (TPSA) is 42.0 Å². The third-order valence-electron chi connectivity index (χ3n) is 2.47. The number of hydrogen-bond acceptors (Lipinski definition) is 2. The number of anilines is 1. The minimum atomic E-state index is -0.474. The minimum absolute atomic E-state index is 0.147. The number of carbonyl (C=O) groups is 1. The van der Waals surface area contributed by atoms with E-state index in [0.717, 1.165) is 10.2 Å². The molecule has 0 radical (unpaired) electrons. The van der Waals surface area contributed by atoms with Crippen molar-refractivity contribution < 1.29 is 9.18 Å². The lowest BCUT2D eigenvalue weighted by Gasteiger charge is -2.08. The van der Waals surface area contributed by atoms with Crippen LogP contribution in [-0.4, -0.2) is 10.9 Å². The van der Waals surface area contributed by atoms with E-state index in [1.807, 2.05) is 6.92 Å². The number of nitrogens with zero attached hydrogens (tertiary/aromatic N) is 1. The summed E-state index contributed by atoms with van der Waals surface area (Å²) < 4.78 is 14.2. The average Bonchev–Trinajstić information content (AvgIpc) is 2.37. The highest BCUT2D eigenvalue weighted by atomic mass is 79.9. The van der Waals surface area contributed by atoms with Crippen molar-refractivity contribution in [2.45, 2.75) is 6.92 Å². The van der Waals surface area contributed by atoms with E-state index in [2.05, 4.69) is 42.2 Å². The molecule has 1 N–H and O–H groups in total. The lowest BCUT2D eigenvalue weighted by Crippen LogP contribution is -2.13. The van der Waals surface area contributed by atoms with Crippen molar-refractivity contribution in [1.29, 1.82) is 0 Å². The molecule has 3 nitrogen and oxygen atoms in total. The van der Waals surface area contributed by atoms with Gasteiger partial charge in [-0.3, -0.25) is 4.79 Å². The van der Waals surface area contributed by atoms with E-state index in [9.17, 15) is 9.18 Å². The summed E-state index contributed by atoms with van der Waals surface area (Å²) in [7, 11) is 0. The second-order valence-electron chi connectivity index (χ2n) is 3.89. The molecule has 0 saturated heterocycles. The lowest BCUT2D eigenvalue weighted by molar-refractivity contribution is 0.102. The Bertz CT molecular complexity index is 647. The van der Waals surface area contributed by atoms with Crippen LogP contribution >= 0.6 is 31.9 Å². The maximum absolute atomic E-state index is 13.3. The molecule has 0 fully saturated rings. The summed E-state index contributed by atoms with van der Waals surface area (Å²) in [6.45, 7) is 1.87. The zero-order chi connectivity index (χ0) is 14.0. The van der Waals surface area contributed by atoms with Gasteiger partial charge in [0.2, 0.25) is 0 Å². The molecule has 0 saturated carbocycles. The summed E-state index contributed by atoms with van der Waals surface area (Å²) in [5.74, 6) is -0.868.